The number of hydrogen-bond donors (Lipinski definition) is 1. The average Bonchev–Trinajstić information content (AvgIpc) is 2.45. The summed E-state index contributed by atoms with van der Waals surface area (Å²) in [4.78, 5) is 20.2. The number of carbonyl (C=O) groups excluding carboxylic acids is 1. The number of nitrogens with zero attached hydrogens (tertiary/aromatic N) is 3. The molecular weight excluding hydrogens is 297 g/mol. The molecule has 3 heterocycles. The Labute approximate surface area is 126 Å². The van der Waals surface area contributed by atoms with Crippen molar-refractivity contribution >= 4 is 17.4 Å². The topological polar surface area (TPSA) is 48.5 Å². The zero-order chi connectivity index (χ0) is 16.1. The summed E-state index contributed by atoms with van der Waals surface area (Å²) in [6.07, 6.45) is -3.65. The minimum atomic E-state index is -4.47. The van der Waals surface area contributed by atoms with Gasteiger partial charge in [-0.05, 0) is 19.9 Å². The molecule has 0 unspecified atom stereocenters. The number of alkyl halides is 3. The number of pyridine rings is 1. The first-order chi connectivity index (χ1) is 10.3. The SMILES string of the molecule is CC(C)N1CCN2c3ncc(C(F)(F)F)cc3NC(=O)[C@@H]2C1. The van der Waals surface area contributed by atoms with Gasteiger partial charge in [0.2, 0.25) is 5.91 Å². The van der Waals surface area contributed by atoms with Gasteiger partial charge in [0, 0.05) is 31.9 Å². The second-order valence-corrected chi connectivity index (χ2v) is 5.88. The van der Waals surface area contributed by atoms with Gasteiger partial charge in [-0.3, -0.25) is 9.69 Å². The van der Waals surface area contributed by atoms with E-state index in [2.05, 4.69) is 29.0 Å². The van der Waals surface area contributed by atoms with Crippen molar-refractivity contribution in [2.24, 2.45) is 0 Å². The minimum Gasteiger partial charge on any atom is -0.340 e. The van der Waals surface area contributed by atoms with E-state index in [4.69, 9.17) is 0 Å². The van der Waals surface area contributed by atoms with Crippen molar-refractivity contribution in [2.45, 2.75) is 32.1 Å². The molecule has 2 aliphatic heterocycles. The van der Waals surface area contributed by atoms with E-state index >= 15 is 0 Å². The van der Waals surface area contributed by atoms with Crippen molar-refractivity contribution < 1.29 is 18.0 Å². The maximum Gasteiger partial charge on any atom is 0.417 e. The smallest absolute Gasteiger partial charge is 0.340 e. The van der Waals surface area contributed by atoms with Crippen LogP contribution in [0.5, 0.6) is 0 Å². The Morgan fingerprint density at radius 1 is 1.36 bits per heavy atom. The van der Waals surface area contributed by atoms with Crippen LogP contribution in [0.15, 0.2) is 12.3 Å². The lowest BCUT2D eigenvalue weighted by atomic mass is 10.1. The van der Waals surface area contributed by atoms with E-state index in [9.17, 15) is 18.0 Å². The van der Waals surface area contributed by atoms with Crippen LogP contribution in [0.4, 0.5) is 24.7 Å². The van der Waals surface area contributed by atoms with Gasteiger partial charge in [-0.2, -0.15) is 13.2 Å². The van der Waals surface area contributed by atoms with Crippen LogP contribution in [0.1, 0.15) is 19.4 Å². The molecule has 1 aromatic rings. The lowest BCUT2D eigenvalue weighted by Gasteiger charge is -2.45. The standard InChI is InChI=1S/C14H17F3N4O/c1-8(2)20-3-4-21-11(7-20)13(22)19-10-5-9(14(15,16)17)6-18-12(10)21/h5-6,8,11H,3-4,7H2,1-2H3,(H,19,22)/t11-/m0/s1. The van der Waals surface area contributed by atoms with Crippen molar-refractivity contribution in [3.05, 3.63) is 17.8 Å². The average molecular weight is 314 g/mol. The number of fused-ring (bicyclic) bond motifs is 3. The first-order valence-electron chi connectivity index (χ1n) is 7.16. The molecule has 120 valence electrons. The van der Waals surface area contributed by atoms with E-state index in [0.717, 1.165) is 18.8 Å². The van der Waals surface area contributed by atoms with Gasteiger partial charge in [0.05, 0.1) is 11.3 Å². The number of halogens is 3. The van der Waals surface area contributed by atoms with Gasteiger partial charge in [0.1, 0.15) is 6.04 Å². The summed E-state index contributed by atoms with van der Waals surface area (Å²) in [5, 5.41) is 2.56. The molecule has 8 heteroatoms. The second-order valence-electron chi connectivity index (χ2n) is 5.88. The summed E-state index contributed by atoms with van der Waals surface area (Å²) in [6.45, 7) is 5.98. The van der Waals surface area contributed by atoms with E-state index in [0.29, 0.717) is 24.9 Å². The highest BCUT2D eigenvalue weighted by molar-refractivity contribution is 6.03. The van der Waals surface area contributed by atoms with E-state index in [1.807, 2.05) is 0 Å². The van der Waals surface area contributed by atoms with Crippen LogP contribution >= 0.6 is 0 Å². The van der Waals surface area contributed by atoms with Crippen LogP contribution in [-0.4, -0.2) is 47.5 Å². The van der Waals surface area contributed by atoms with Crippen molar-refractivity contribution in [1.29, 1.82) is 0 Å². The highest BCUT2D eigenvalue weighted by atomic mass is 19.4. The molecule has 1 fully saturated rings. The normalized spacial score (nSPS) is 22.4. The van der Waals surface area contributed by atoms with E-state index < -0.39 is 17.8 Å². The van der Waals surface area contributed by atoms with Gasteiger partial charge in [-0.1, -0.05) is 0 Å². The maximum atomic E-state index is 12.8. The molecule has 1 aromatic heterocycles. The predicted molar refractivity (Wildman–Crippen MR) is 75.7 cm³/mol. The number of carbonyl (C=O) groups is 1. The van der Waals surface area contributed by atoms with Crippen LogP contribution in [0.25, 0.3) is 0 Å². The number of rotatable bonds is 1. The highest BCUT2D eigenvalue weighted by Crippen LogP contribution is 2.37. The van der Waals surface area contributed by atoms with Crippen molar-refractivity contribution in [2.75, 3.05) is 29.9 Å². The Morgan fingerprint density at radius 3 is 2.73 bits per heavy atom. The molecule has 1 amide bonds. The van der Waals surface area contributed by atoms with Crippen LogP contribution < -0.4 is 10.2 Å². The fourth-order valence-corrected chi connectivity index (χ4v) is 2.90. The number of aromatic nitrogens is 1. The Hall–Kier alpha value is -1.83. The van der Waals surface area contributed by atoms with E-state index in [-0.39, 0.29) is 11.6 Å². The Kier molecular flexibility index (Phi) is 3.51. The monoisotopic (exact) mass is 314 g/mol. The van der Waals surface area contributed by atoms with Gasteiger partial charge in [0.15, 0.2) is 5.82 Å². The quantitative estimate of drug-likeness (QED) is 0.861. The fraction of sp³-hybridized carbons (Fsp3) is 0.571. The first kappa shape index (κ1) is 15.1. The maximum absolute atomic E-state index is 12.8. The third kappa shape index (κ3) is 2.51. The van der Waals surface area contributed by atoms with Crippen molar-refractivity contribution in [3.63, 3.8) is 0 Å². The summed E-state index contributed by atoms with van der Waals surface area (Å²) in [7, 11) is 0. The summed E-state index contributed by atoms with van der Waals surface area (Å²) < 4.78 is 38.3. The fourth-order valence-electron chi connectivity index (χ4n) is 2.90. The third-order valence-electron chi connectivity index (χ3n) is 4.17. The number of nitrogens with one attached hydrogen (secondary N) is 1. The third-order valence-corrected chi connectivity index (χ3v) is 4.17. The Balaban J connectivity index is 1.93. The van der Waals surface area contributed by atoms with Crippen molar-refractivity contribution in [3.8, 4) is 0 Å². The largest absolute Gasteiger partial charge is 0.417 e. The molecule has 2 aliphatic rings. The van der Waals surface area contributed by atoms with Crippen LogP contribution in [-0.2, 0) is 11.0 Å². The molecule has 0 bridgehead atoms. The van der Waals surface area contributed by atoms with Gasteiger partial charge >= 0.3 is 6.18 Å². The molecule has 3 rings (SSSR count). The van der Waals surface area contributed by atoms with Crippen LogP contribution in [0, 0.1) is 0 Å². The van der Waals surface area contributed by atoms with Crippen LogP contribution in [0.3, 0.4) is 0 Å². The Bertz CT molecular complexity index is 602. The molecule has 0 aliphatic carbocycles. The first-order valence-corrected chi connectivity index (χ1v) is 7.16. The molecule has 1 atom stereocenters. The molecule has 0 spiro atoms. The molecule has 0 aromatic carbocycles. The zero-order valence-corrected chi connectivity index (χ0v) is 12.3. The van der Waals surface area contributed by atoms with Crippen molar-refractivity contribution in [1.82, 2.24) is 9.88 Å². The molecule has 1 N–H and O–H groups in total. The lowest BCUT2D eigenvalue weighted by molar-refractivity contribution is -0.137. The molecular formula is C14H17F3N4O. The molecule has 0 radical (unpaired) electrons. The number of piperazine rings is 1. The van der Waals surface area contributed by atoms with E-state index in [1.165, 1.54) is 0 Å². The lowest BCUT2D eigenvalue weighted by Crippen LogP contribution is -2.61. The van der Waals surface area contributed by atoms with Gasteiger partial charge in [-0.25, -0.2) is 4.98 Å². The predicted octanol–water partition coefficient (Wildman–Crippen LogP) is 1.95. The zero-order valence-electron chi connectivity index (χ0n) is 12.3. The summed E-state index contributed by atoms with van der Waals surface area (Å²) in [6, 6.07) is 0.857. The minimum absolute atomic E-state index is 0.133. The highest BCUT2D eigenvalue weighted by Gasteiger charge is 2.40. The van der Waals surface area contributed by atoms with Crippen LogP contribution in [0.2, 0.25) is 0 Å². The van der Waals surface area contributed by atoms with Gasteiger partial charge < -0.3 is 10.2 Å². The molecule has 5 nitrogen and oxygen atoms in total. The molecule has 22 heavy (non-hydrogen) atoms. The molecule has 0 saturated carbocycles. The summed E-state index contributed by atoms with van der Waals surface area (Å²) in [5.74, 6) is 0.139. The van der Waals surface area contributed by atoms with Gasteiger partial charge in [0.25, 0.3) is 0 Å². The Morgan fingerprint density at radius 2 is 2.09 bits per heavy atom. The summed E-state index contributed by atoms with van der Waals surface area (Å²) >= 11 is 0. The van der Waals surface area contributed by atoms with E-state index in [1.54, 1.807) is 4.90 Å². The van der Waals surface area contributed by atoms with Gasteiger partial charge in [-0.15, -0.1) is 0 Å². The number of anilines is 2. The number of amides is 1. The summed E-state index contributed by atoms with van der Waals surface area (Å²) in [5.41, 5.74) is -0.722. The second kappa shape index (κ2) is 5.12. The molecule has 1 saturated heterocycles. The number of hydrogen-bond acceptors (Lipinski definition) is 4.